The fourth-order valence-electron chi connectivity index (χ4n) is 6.74. The zero-order valence-electron chi connectivity index (χ0n) is 24.4. The van der Waals surface area contributed by atoms with Gasteiger partial charge < -0.3 is 34.6 Å². The Hall–Kier alpha value is -2.57. The van der Waals surface area contributed by atoms with E-state index < -0.39 is 5.82 Å². The van der Waals surface area contributed by atoms with E-state index in [-0.39, 0.29) is 53.2 Å². The number of ether oxygens (including phenoxy) is 3. The first kappa shape index (κ1) is 30.9. The monoisotopic (exact) mass is 604 g/mol. The number of rotatable bonds is 6. The fraction of sp³-hybridized carbons (Fsp3) is 0.633. The van der Waals surface area contributed by atoms with Gasteiger partial charge in [-0.25, -0.2) is 14.4 Å². The van der Waals surface area contributed by atoms with Crippen LogP contribution in [0.1, 0.15) is 49.9 Å². The Morgan fingerprint density at radius 1 is 1.12 bits per heavy atom. The number of hydrogen-bond donors (Lipinski definition) is 1. The molecule has 1 aromatic carbocycles. The van der Waals surface area contributed by atoms with Gasteiger partial charge in [0.05, 0.1) is 49.8 Å². The predicted octanol–water partition coefficient (Wildman–Crippen LogP) is 3.49. The van der Waals surface area contributed by atoms with Gasteiger partial charge in [-0.1, -0.05) is 0 Å². The van der Waals surface area contributed by atoms with Gasteiger partial charge in [-0.15, -0.1) is 12.4 Å². The van der Waals surface area contributed by atoms with Crippen LogP contribution in [0, 0.1) is 11.2 Å². The summed E-state index contributed by atoms with van der Waals surface area (Å²) in [5.74, 6) is 0.658. The molecule has 4 saturated heterocycles. The van der Waals surface area contributed by atoms with Crippen LogP contribution < -0.4 is 15.4 Å². The predicted molar refractivity (Wildman–Crippen MR) is 159 cm³/mol. The SMILES string of the molecule is C[C@@H]1COC[C@@H](C)N1C(=O)c1cc(F)ccc1Oc1cncnc1N1CC2(CCN(C[C@@H]3CC[C@@H](N)CO3)CC2)C1.Cl. The first-order valence-electron chi connectivity index (χ1n) is 14.8. The van der Waals surface area contributed by atoms with Crippen LogP contribution in [-0.4, -0.2) is 102 Å². The average Bonchev–Trinajstić information content (AvgIpc) is 2.95. The molecule has 0 unspecified atom stereocenters. The minimum Gasteiger partial charge on any atom is -0.451 e. The van der Waals surface area contributed by atoms with E-state index in [0.29, 0.717) is 37.5 Å². The maximum Gasteiger partial charge on any atom is 0.258 e. The number of likely N-dealkylation sites (tertiary alicyclic amines) is 1. The number of aromatic nitrogens is 2. The molecular formula is C30H42ClFN6O4. The molecule has 4 aliphatic rings. The van der Waals surface area contributed by atoms with Crippen molar-refractivity contribution >= 4 is 24.1 Å². The molecule has 1 aromatic heterocycles. The third kappa shape index (κ3) is 6.50. The standard InChI is InChI=1S/C30H41FN6O4.ClH/c1-20-14-39-15-21(2)37(20)29(38)25-11-22(31)3-6-26(25)41-27-12-33-19-34-28(27)36-17-30(18-36)7-9-35(10-8-30)13-24-5-4-23(32)16-40-24;/h3,6,11-12,19-21,23-24H,4-5,7-10,13-18,32H2,1-2H3;1H/t20-,21-,23-,24+;/m1./s1. The highest BCUT2D eigenvalue weighted by Gasteiger charge is 2.46. The highest BCUT2D eigenvalue weighted by molar-refractivity contribution is 5.97. The first-order valence-corrected chi connectivity index (χ1v) is 14.8. The van der Waals surface area contributed by atoms with E-state index in [0.717, 1.165) is 58.4 Å². The van der Waals surface area contributed by atoms with E-state index in [4.69, 9.17) is 19.9 Å². The summed E-state index contributed by atoms with van der Waals surface area (Å²) in [5, 5.41) is 0. The Kier molecular flexibility index (Phi) is 9.53. The number of piperidine rings is 1. The van der Waals surface area contributed by atoms with E-state index in [9.17, 15) is 9.18 Å². The van der Waals surface area contributed by atoms with Crippen molar-refractivity contribution in [1.82, 2.24) is 19.8 Å². The quantitative estimate of drug-likeness (QED) is 0.530. The van der Waals surface area contributed by atoms with E-state index in [1.54, 1.807) is 11.1 Å². The van der Waals surface area contributed by atoms with Crippen LogP contribution in [-0.2, 0) is 9.47 Å². The largest absolute Gasteiger partial charge is 0.451 e. The molecule has 1 spiro atoms. The fourth-order valence-corrected chi connectivity index (χ4v) is 6.74. The molecule has 4 aliphatic heterocycles. The second-order valence-corrected chi connectivity index (χ2v) is 12.4. The highest BCUT2D eigenvalue weighted by Crippen LogP contribution is 2.45. The summed E-state index contributed by atoms with van der Waals surface area (Å²) >= 11 is 0. The number of amides is 1. The number of anilines is 1. The molecule has 230 valence electrons. The van der Waals surface area contributed by atoms with Gasteiger partial charge in [0.1, 0.15) is 17.9 Å². The second-order valence-electron chi connectivity index (χ2n) is 12.4. The number of benzene rings is 1. The van der Waals surface area contributed by atoms with Crippen LogP contribution in [0.3, 0.4) is 0 Å². The van der Waals surface area contributed by atoms with Crippen molar-refractivity contribution in [3.63, 3.8) is 0 Å². The van der Waals surface area contributed by atoms with Gasteiger partial charge in [-0.05, 0) is 70.8 Å². The summed E-state index contributed by atoms with van der Waals surface area (Å²) < 4.78 is 32.2. The molecule has 0 bridgehead atoms. The lowest BCUT2D eigenvalue weighted by molar-refractivity contribution is -0.0277. The molecule has 0 saturated carbocycles. The molecule has 6 rings (SSSR count). The molecule has 12 heteroatoms. The van der Waals surface area contributed by atoms with Crippen molar-refractivity contribution in [3.05, 3.63) is 42.1 Å². The van der Waals surface area contributed by atoms with Crippen molar-refractivity contribution in [1.29, 1.82) is 0 Å². The van der Waals surface area contributed by atoms with Gasteiger partial charge in [-0.3, -0.25) is 4.79 Å². The molecule has 4 fully saturated rings. The van der Waals surface area contributed by atoms with Crippen molar-refractivity contribution in [3.8, 4) is 11.5 Å². The first-order chi connectivity index (χ1) is 19.8. The van der Waals surface area contributed by atoms with Gasteiger partial charge in [0.15, 0.2) is 11.6 Å². The number of nitrogens with two attached hydrogens (primary N) is 1. The minimum absolute atomic E-state index is 0. The Morgan fingerprint density at radius 2 is 1.86 bits per heavy atom. The maximum atomic E-state index is 14.4. The van der Waals surface area contributed by atoms with Crippen molar-refractivity contribution < 1.29 is 23.4 Å². The van der Waals surface area contributed by atoms with Crippen LogP contribution >= 0.6 is 12.4 Å². The lowest BCUT2D eigenvalue weighted by atomic mass is 9.72. The van der Waals surface area contributed by atoms with Gasteiger partial charge in [-0.2, -0.15) is 0 Å². The maximum absolute atomic E-state index is 14.4. The van der Waals surface area contributed by atoms with Crippen LogP contribution in [0.15, 0.2) is 30.7 Å². The molecule has 2 aromatic rings. The molecule has 0 radical (unpaired) electrons. The molecule has 4 atom stereocenters. The number of carbonyl (C=O) groups is 1. The van der Waals surface area contributed by atoms with Gasteiger partial charge in [0.25, 0.3) is 5.91 Å². The van der Waals surface area contributed by atoms with E-state index in [1.165, 1.54) is 24.5 Å². The third-order valence-electron chi connectivity index (χ3n) is 9.09. The summed E-state index contributed by atoms with van der Waals surface area (Å²) in [6, 6.07) is 3.98. The number of halogens is 2. The summed E-state index contributed by atoms with van der Waals surface area (Å²) in [5.41, 5.74) is 6.41. The Balaban J connectivity index is 0.00000353. The number of hydrogen-bond acceptors (Lipinski definition) is 9. The van der Waals surface area contributed by atoms with Crippen molar-refractivity contribution in [2.24, 2.45) is 11.1 Å². The zero-order valence-corrected chi connectivity index (χ0v) is 25.2. The lowest BCUT2D eigenvalue weighted by Gasteiger charge is -2.54. The van der Waals surface area contributed by atoms with E-state index in [2.05, 4.69) is 19.8 Å². The Bertz CT molecular complexity index is 1220. The Labute approximate surface area is 253 Å². The van der Waals surface area contributed by atoms with Crippen molar-refractivity contribution in [2.75, 3.05) is 57.4 Å². The van der Waals surface area contributed by atoms with Crippen LogP contribution in [0.5, 0.6) is 11.5 Å². The molecule has 2 N–H and O–H groups in total. The zero-order chi connectivity index (χ0) is 28.6. The smallest absolute Gasteiger partial charge is 0.258 e. The summed E-state index contributed by atoms with van der Waals surface area (Å²) in [6.45, 7) is 10.3. The van der Waals surface area contributed by atoms with Gasteiger partial charge >= 0.3 is 0 Å². The van der Waals surface area contributed by atoms with Crippen molar-refractivity contribution in [2.45, 2.75) is 63.8 Å². The molecule has 1 amide bonds. The molecular weight excluding hydrogens is 563 g/mol. The number of morpholine rings is 1. The van der Waals surface area contributed by atoms with E-state index >= 15 is 0 Å². The average molecular weight is 605 g/mol. The van der Waals surface area contributed by atoms with E-state index in [1.807, 2.05) is 13.8 Å². The number of carbonyl (C=O) groups excluding carboxylic acids is 1. The molecule has 10 nitrogen and oxygen atoms in total. The van der Waals surface area contributed by atoms with Crippen LogP contribution in [0.4, 0.5) is 10.2 Å². The molecule has 0 aliphatic carbocycles. The van der Waals surface area contributed by atoms with Crippen LogP contribution in [0.2, 0.25) is 0 Å². The minimum atomic E-state index is -0.492. The third-order valence-corrected chi connectivity index (χ3v) is 9.09. The summed E-state index contributed by atoms with van der Waals surface area (Å²) in [7, 11) is 0. The van der Waals surface area contributed by atoms with Crippen LogP contribution in [0.25, 0.3) is 0 Å². The normalized spacial score (nSPS) is 27.7. The second kappa shape index (κ2) is 13.0. The summed E-state index contributed by atoms with van der Waals surface area (Å²) in [6.07, 6.45) is 7.76. The molecule has 5 heterocycles. The number of nitrogens with zero attached hydrogens (tertiary/aromatic N) is 5. The molecule has 42 heavy (non-hydrogen) atoms. The lowest BCUT2D eigenvalue weighted by Crippen LogP contribution is -2.61. The van der Waals surface area contributed by atoms with Gasteiger partial charge in [0, 0.05) is 31.1 Å². The topological polar surface area (TPSA) is 106 Å². The highest BCUT2D eigenvalue weighted by atomic mass is 35.5. The Morgan fingerprint density at radius 3 is 2.55 bits per heavy atom. The van der Waals surface area contributed by atoms with Gasteiger partial charge in [0.2, 0.25) is 0 Å². The summed E-state index contributed by atoms with van der Waals surface area (Å²) in [4.78, 5) is 28.8.